The van der Waals surface area contributed by atoms with E-state index >= 15 is 0 Å². The van der Waals surface area contributed by atoms with Gasteiger partial charge in [-0.15, -0.1) is 0 Å². The summed E-state index contributed by atoms with van der Waals surface area (Å²) in [6, 6.07) is 15.3. The average Bonchev–Trinajstić information content (AvgIpc) is 2.89. The van der Waals surface area contributed by atoms with Crippen molar-refractivity contribution in [1.82, 2.24) is 9.55 Å². The number of fused-ring (bicyclic) bond motifs is 1. The van der Waals surface area contributed by atoms with Gasteiger partial charge in [0.2, 0.25) is 0 Å². The third-order valence-corrected chi connectivity index (χ3v) is 3.68. The Hall–Kier alpha value is -2.04. The zero-order valence-corrected chi connectivity index (χ0v) is 12.8. The number of aromatic nitrogens is 2. The van der Waals surface area contributed by atoms with Crippen molar-refractivity contribution < 1.29 is 9.84 Å². The molecule has 0 atom stereocenters. The number of benzene rings is 2. The van der Waals surface area contributed by atoms with E-state index < -0.39 is 0 Å². The Bertz CT molecular complexity index is 756. The maximum absolute atomic E-state index is 9.10. The van der Waals surface area contributed by atoms with Crippen molar-refractivity contribution in [2.24, 2.45) is 0 Å². The molecule has 0 amide bonds. The first-order chi connectivity index (χ1) is 10.8. The second-order valence-electron chi connectivity index (χ2n) is 4.99. The van der Waals surface area contributed by atoms with Crippen molar-refractivity contribution in [1.29, 1.82) is 0 Å². The number of ether oxygens (including phenoxy) is 1. The molecule has 0 fully saturated rings. The standard InChI is InChI=1S/C17H17ClN2O2/c18-13-7-8-15-16(11-13)20(9-4-10-21)17(19-15)12-22-14-5-2-1-3-6-14/h1-3,5-8,11,21H,4,9-10,12H2. The Morgan fingerprint density at radius 3 is 2.73 bits per heavy atom. The lowest BCUT2D eigenvalue weighted by molar-refractivity contribution is 0.269. The van der Waals surface area contributed by atoms with E-state index in [2.05, 4.69) is 9.55 Å². The number of nitrogens with zero attached hydrogens (tertiary/aromatic N) is 2. The second kappa shape index (κ2) is 6.81. The molecule has 22 heavy (non-hydrogen) atoms. The van der Waals surface area contributed by atoms with Crippen LogP contribution in [0.5, 0.6) is 5.75 Å². The Kier molecular flexibility index (Phi) is 4.61. The van der Waals surface area contributed by atoms with Crippen LogP contribution in [0, 0.1) is 0 Å². The molecule has 0 unspecified atom stereocenters. The SMILES string of the molecule is OCCCn1c(COc2ccccc2)nc2ccc(Cl)cc21. The lowest BCUT2D eigenvalue weighted by Gasteiger charge is -2.10. The molecule has 1 aromatic heterocycles. The molecule has 2 aromatic carbocycles. The van der Waals surface area contributed by atoms with Crippen LogP contribution in [0.3, 0.4) is 0 Å². The molecular formula is C17H17ClN2O2. The third kappa shape index (κ3) is 3.24. The number of aliphatic hydroxyl groups is 1. The van der Waals surface area contributed by atoms with Gasteiger partial charge in [-0.3, -0.25) is 0 Å². The number of rotatable bonds is 6. The van der Waals surface area contributed by atoms with Gasteiger partial charge in [-0.25, -0.2) is 4.98 Å². The van der Waals surface area contributed by atoms with Crippen molar-refractivity contribution in [2.45, 2.75) is 19.6 Å². The van der Waals surface area contributed by atoms with Crippen molar-refractivity contribution in [3.63, 3.8) is 0 Å². The van der Waals surface area contributed by atoms with Gasteiger partial charge < -0.3 is 14.4 Å². The molecule has 0 saturated heterocycles. The highest BCUT2D eigenvalue weighted by Gasteiger charge is 2.11. The Morgan fingerprint density at radius 1 is 1.14 bits per heavy atom. The van der Waals surface area contributed by atoms with Crippen LogP contribution < -0.4 is 4.74 Å². The van der Waals surface area contributed by atoms with Gasteiger partial charge in [0.25, 0.3) is 0 Å². The summed E-state index contributed by atoms with van der Waals surface area (Å²) in [6.45, 7) is 1.20. The Labute approximate surface area is 133 Å². The fourth-order valence-electron chi connectivity index (χ4n) is 2.40. The highest BCUT2D eigenvalue weighted by atomic mass is 35.5. The molecule has 3 rings (SSSR count). The minimum Gasteiger partial charge on any atom is -0.486 e. The Balaban J connectivity index is 1.90. The fraction of sp³-hybridized carbons (Fsp3) is 0.235. The number of para-hydroxylation sites is 1. The predicted octanol–water partition coefficient (Wildman–Crippen LogP) is 3.65. The quantitative estimate of drug-likeness (QED) is 0.755. The minimum atomic E-state index is 0.138. The first kappa shape index (κ1) is 14.9. The van der Waals surface area contributed by atoms with Gasteiger partial charge >= 0.3 is 0 Å². The summed E-state index contributed by atoms with van der Waals surface area (Å²) in [7, 11) is 0. The Morgan fingerprint density at radius 2 is 1.95 bits per heavy atom. The number of aryl methyl sites for hydroxylation is 1. The van der Waals surface area contributed by atoms with Gasteiger partial charge in [0, 0.05) is 18.2 Å². The summed E-state index contributed by atoms with van der Waals surface area (Å²) in [5, 5.41) is 9.77. The number of hydrogen-bond acceptors (Lipinski definition) is 3. The molecule has 0 saturated carbocycles. The molecule has 5 heteroatoms. The molecule has 1 N–H and O–H groups in total. The summed E-state index contributed by atoms with van der Waals surface area (Å²) >= 11 is 6.09. The zero-order valence-electron chi connectivity index (χ0n) is 12.1. The van der Waals surface area contributed by atoms with E-state index in [0.29, 0.717) is 24.6 Å². The largest absolute Gasteiger partial charge is 0.486 e. The molecule has 3 aromatic rings. The summed E-state index contributed by atoms with van der Waals surface area (Å²) in [5.74, 6) is 1.64. The summed E-state index contributed by atoms with van der Waals surface area (Å²) in [6.07, 6.45) is 0.663. The molecule has 0 bridgehead atoms. The second-order valence-corrected chi connectivity index (χ2v) is 5.43. The van der Waals surface area contributed by atoms with Crippen LogP contribution in [0.4, 0.5) is 0 Å². The van der Waals surface area contributed by atoms with Gasteiger partial charge in [-0.05, 0) is 36.8 Å². The fourth-order valence-corrected chi connectivity index (χ4v) is 2.57. The van der Waals surface area contributed by atoms with Gasteiger partial charge in [0.1, 0.15) is 18.2 Å². The van der Waals surface area contributed by atoms with Crippen molar-refractivity contribution in [2.75, 3.05) is 6.61 Å². The number of aliphatic hydroxyl groups excluding tert-OH is 1. The van der Waals surface area contributed by atoms with Crippen LogP contribution in [0.25, 0.3) is 11.0 Å². The van der Waals surface area contributed by atoms with E-state index in [1.54, 1.807) is 0 Å². The lowest BCUT2D eigenvalue weighted by atomic mass is 10.3. The van der Waals surface area contributed by atoms with E-state index in [1.807, 2.05) is 48.5 Å². The van der Waals surface area contributed by atoms with Crippen LogP contribution in [-0.2, 0) is 13.2 Å². The molecule has 114 valence electrons. The van der Waals surface area contributed by atoms with Gasteiger partial charge in [0.05, 0.1) is 11.0 Å². The summed E-state index contributed by atoms with van der Waals surface area (Å²) < 4.78 is 7.85. The maximum Gasteiger partial charge on any atom is 0.147 e. The summed E-state index contributed by atoms with van der Waals surface area (Å²) in [5.41, 5.74) is 1.85. The molecule has 1 heterocycles. The van der Waals surface area contributed by atoms with E-state index in [9.17, 15) is 0 Å². The molecule has 0 radical (unpaired) electrons. The van der Waals surface area contributed by atoms with Crippen molar-refractivity contribution >= 4 is 22.6 Å². The van der Waals surface area contributed by atoms with Gasteiger partial charge in [0.15, 0.2) is 0 Å². The first-order valence-corrected chi connectivity index (χ1v) is 7.59. The van der Waals surface area contributed by atoms with E-state index in [0.717, 1.165) is 22.6 Å². The molecular weight excluding hydrogens is 300 g/mol. The topological polar surface area (TPSA) is 47.3 Å². The summed E-state index contributed by atoms with van der Waals surface area (Å²) in [4.78, 5) is 4.62. The maximum atomic E-state index is 9.10. The van der Waals surface area contributed by atoms with Gasteiger partial charge in [-0.1, -0.05) is 29.8 Å². The van der Waals surface area contributed by atoms with Crippen LogP contribution in [0.15, 0.2) is 48.5 Å². The molecule has 0 aliphatic heterocycles. The highest BCUT2D eigenvalue weighted by molar-refractivity contribution is 6.31. The normalized spacial score (nSPS) is 11.0. The third-order valence-electron chi connectivity index (χ3n) is 3.44. The highest BCUT2D eigenvalue weighted by Crippen LogP contribution is 2.22. The van der Waals surface area contributed by atoms with E-state index in [1.165, 1.54) is 0 Å². The zero-order chi connectivity index (χ0) is 15.4. The molecule has 4 nitrogen and oxygen atoms in total. The average molecular weight is 317 g/mol. The number of halogens is 1. The van der Waals surface area contributed by atoms with Gasteiger partial charge in [-0.2, -0.15) is 0 Å². The number of imidazole rings is 1. The van der Waals surface area contributed by atoms with Crippen LogP contribution >= 0.6 is 11.6 Å². The number of hydrogen-bond donors (Lipinski definition) is 1. The smallest absolute Gasteiger partial charge is 0.147 e. The van der Waals surface area contributed by atoms with Crippen molar-refractivity contribution in [3.05, 3.63) is 59.4 Å². The lowest BCUT2D eigenvalue weighted by Crippen LogP contribution is -2.08. The van der Waals surface area contributed by atoms with Crippen LogP contribution in [0.1, 0.15) is 12.2 Å². The monoisotopic (exact) mass is 316 g/mol. The van der Waals surface area contributed by atoms with E-state index in [-0.39, 0.29) is 6.61 Å². The van der Waals surface area contributed by atoms with Crippen LogP contribution in [-0.4, -0.2) is 21.3 Å². The van der Waals surface area contributed by atoms with E-state index in [4.69, 9.17) is 21.4 Å². The first-order valence-electron chi connectivity index (χ1n) is 7.21. The van der Waals surface area contributed by atoms with Crippen molar-refractivity contribution in [3.8, 4) is 5.75 Å². The molecule has 0 aliphatic carbocycles. The minimum absolute atomic E-state index is 0.138. The molecule has 0 spiro atoms. The molecule has 0 aliphatic rings. The van der Waals surface area contributed by atoms with Crippen LogP contribution in [0.2, 0.25) is 5.02 Å². The predicted molar refractivity (Wildman–Crippen MR) is 87.2 cm³/mol.